The third kappa shape index (κ3) is 5.35. The number of hydrogen-bond donors (Lipinski definition) is 0. The normalized spacial score (nSPS) is 11.8. The smallest absolute Gasteiger partial charge is 0.191 e. The number of Topliss-reactive ketones (excluding diaryl/α,β-unsaturated/α-hetero) is 1. The number of nitriles is 1. The maximum Gasteiger partial charge on any atom is 0.191 e. The fourth-order valence-corrected chi connectivity index (χ4v) is 5.04. The lowest BCUT2D eigenvalue weighted by Crippen LogP contribution is -2.14. The quantitative estimate of drug-likeness (QED) is 0.313. The molecule has 33 heavy (non-hydrogen) atoms. The zero-order valence-corrected chi connectivity index (χ0v) is 19.4. The number of carbonyl (C=O) groups is 1. The van der Waals surface area contributed by atoms with Gasteiger partial charge in [0.2, 0.25) is 0 Å². The molecule has 0 fully saturated rings. The number of nitrogens with zero attached hydrogens (tertiary/aromatic N) is 5. The van der Waals surface area contributed by atoms with Gasteiger partial charge in [0.1, 0.15) is 10.8 Å². The van der Waals surface area contributed by atoms with Gasteiger partial charge >= 0.3 is 0 Å². The third-order valence-corrected chi connectivity index (χ3v) is 6.99. The number of aromatic nitrogens is 4. The lowest BCUT2D eigenvalue weighted by Gasteiger charge is -2.11. The monoisotopic (exact) mass is 477 g/mol. The first-order valence-electron chi connectivity index (χ1n) is 10.3. The van der Waals surface area contributed by atoms with Crippen molar-refractivity contribution in [2.75, 3.05) is 5.75 Å². The summed E-state index contributed by atoms with van der Waals surface area (Å²) in [6, 6.07) is 18.4. The average molecular weight is 478 g/mol. The maximum absolute atomic E-state index is 14.5. The average Bonchev–Trinajstić information content (AvgIpc) is 3.44. The SMILES string of the molecule is Cc1csc(C(C#N)C(=O)CSc2nnc(-c3ccccc3F)n2CCc2ccccc2)n1. The molecule has 9 heteroatoms. The van der Waals surface area contributed by atoms with Crippen molar-refractivity contribution in [1.29, 1.82) is 5.26 Å². The Labute approximate surface area is 199 Å². The van der Waals surface area contributed by atoms with E-state index in [9.17, 15) is 14.4 Å². The molecule has 0 amide bonds. The van der Waals surface area contributed by atoms with Crippen molar-refractivity contribution in [3.63, 3.8) is 0 Å². The maximum atomic E-state index is 14.5. The molecule has 166 valence electrons. The minimum absolute atomic E-state index is 0.0393. The van der Waals surface area contributed by atoms with Crippen LogP contribution in [0.5, 0.6) is 0 Å². The first-order valence-corrected chi connectivity index (χ1v) is 12.1. The summed E-state index contributed by atoms with van der Waals surface area (Å²) in [5.74, 6) is -1.10. The van der Waals surface area contributed by atoms with E-state index in [1.165, 1.54) is 29.2 Å². The number of thioether (sulfide) groups is 1. The van der Waals surface area contributed by atoms with Gasteiger partial charge in [0, 0.05) is 17.6 Å². The van der Waals surface area contributed by atoms with Gasteiger partial charge in [-0.1, -0.05) is 54.2 Å². The van der Waals surface area contributed by atoms with Crippen molar-refractivity contribution in [2.45, 2.75) is 31.0 Å². The number of hydrogen-bond acceptors (Lipinski definition) is 7. The second-order valence-electron chi connectivity index (χ2n) is 7.32. The lowest BCUT2D eigenvalue weighted by atomic mass is 10.1. The standard InChI is InChI=1S/C24H20FN5OS2/c1-16-14-32-23(27-16)19(13-26)21(31)15-33-24-29-28-22(18-9-5-6-10-20(18)25)30(24)12-11-17-7-3-2-4-8-17/h2-10,14,19H,11-12,15H2,1H3. The van der Waals surface area contributed by atoms with Crippen LogP contribution in [-0.4, -0.2) is 31.3 Å². The minimum Gasteiger partial charge on any atom is -0.302 e. The number of rotatable bonds is 9. The predicted octanol–water partition coefficient (Wildman–Crippen LogP) is 5.06. The molecule has 0 saturated heterocycles. The van der Waals surface area contributed by atoms with E-state index in [0.29, 0.717) is 34.5 Å². The molecule has 0 radical (unpaired) electrons. The van der Waals surface area contributed by atoms with Crippen molar-refractivity contribution < 1.29 is 9.18 Å². The van der Waals surface area contributed by atoms with E-state index in [2.05, 4.69) is 21.3 Å². The molecule has 2 aromatic carbocycles. The Morgan fingerprint density at radius 2 is 1.94 bits per heavy atom. The van der Waals surface area contributed by atoms with Gasteiger partial charge in [-0.3, -0.25) is 4.79 Å². The Hall–Kier alpha value is -3.35. The molecule has 2 heterocycles. The van der Waals surface area contributed by atoms with Crippen LogP contribution in [0.15, 0.2) is 65.1 Å². The molecule has 0 aliphatic carbocycles. The fraction of sp³-hybridized carbons (Fsp3) is 0.208. The molecule has 0 saturated carbocycles. The van der Waals surface area contributed by atoms with Crippen LogP contribution in [0.3, 0.4) is 0 Å². The molecule has 2 aromatic heterocycles. The lowest BCUT2D eigenvalue weighted by molar-refractivity contribution is -0.116. The van der Waals surface area contributed by atoms with Crippen LogP contribution in [0.1, 0.15) is 22.2 Å². The molecule has 1 atom stereocenters. The number of thiazole rings is 1. The predicted molar refractivity (Wildman–Crippen MR) is 126 cm³/mol. The summed E-state index contributed by atoms with van der Waals surface area (Å²) in [6.45, 7) is 2.34. The number of halogens is 1. The van der Waals surface area contributed by atoms with Crippen LogP contribution in [0, 0.1) is 24.1 Å². The van der Waals surface area contributed by atoms with E-state index in [4.69, 9.17) is 0 Å². The molecule has 0 bridgehead atoms. The summed E-state index contributed by atoms with van der Waals surface area (Å²) in [6.07, 6.45) is 0.695. The van der Waals surface area contributed by atoms with Gasteiger partial charge in [0.25, 0.3) is 0 Å². The van der Waals surface area contributed by atoms with Gasteiger partial charge < -0.3 is 4.57 Å². The molecule has 0 N–H and O–H groups in total. The Morgan fingerprint density at radius 1 is 1.18 bits per heavy atom. The second-order valence-corrected chi connectivity index (χ2v) is 9.15. The van der Waals surface area contributed by atoms with E-state index in [0.717, 1.165) is 11.3 Å². The molecule has 6 nitrogen and oxygen atoms in total. The highest BCUT2D eigenvalue weighted by molar-refractivity contribution is 7.99. The van der Waals surface area contributed by atoms with Crippen molar-refractivity contribution in [3.05, 3.63) is 82.1 Å². The first-order chi connectivity index (χ1) is 16.1. The molecular weight excluding hydrogens is 457 g/mol. The highest BCUT2D eigenvalue weighted by Crippen LogP contribution is 2.28. The van der Waals surface area contributed by atoms with Crippen molar-refractivity contribution in [3.8, 4) is 17.5 Å². The third-order valence-electron chi connectivity index (χ3n) is 4.98. The Bertz CT molecular complexity index is 1300. The zero-order chi connectivity index (χ0) is 23.2. The number of ketones is 1. The minimum atomic E-state index is -0.914. The van der Waals surface area contributed by atoms with Crippen LogP contribution in [0.4, 0.5) is 4.39 Å². The molecule has 4 aromatic rings. The summed E-state index contributed by atoms with van der Waals surface area (Å²) < 4.78 is 16.3. The molecular formula is C24H20FN5OS2. The summed E-state index contributed by atoms with van der Waals surface area (Å²) in [5.41, 5.74) is 2.26. The van der Waals surface area contributed by atoms with Crippen LogP contribution in [0.25, 0.3) is 11.4 Å². The number of carbonyl (C=O) groups excluding carboxylic acids is 1. The Morgan fingerprint density at radius 3 is 2.64 bits per heavy atom. The summed E-state index contributed by atoms with van der Waals surface area (Å²) >= 11 is 2.51. The van der Waals surface area contributed by atoms with E-state index in [1.807, 2.05) is 47.2 Å². The van der Waals surface area contributed by atoms with Gasteiger partial charge in [-0.2, -0.15) is 5.26 Å². The molecule has 4 rings (SSSR count). The van der Waals surface area contributed by atoms with Crippen LogP contribution < -0.4 is 0 Å². The molecule has 0 spiro atoms. The number of benzene rings is 2. The van der Waals surface area contributed by atoms with Crippen LogP contribution in [-0.2, 0) is 17.8 Å². The summed E-state index contributed by atoms with van der Waals surface area (Å²) in [4.78, 5) is 17.1. The second kappa shape index (κ2) is 10.5. The van der Waals surface area contributed by atoms with Gasteiger partial charge in [-0.05, 0) is 31.0 Å². The summed E-state index contributed by atoms with van der Waals surface area (Å²) in [7, 11) is 0. The van der Waals surface area contributed by atoms with Crippen LogP contribution in [0.2, 0.25) is 0 Å². The Kier molecular flexibility index (Phi) is 7.27. The van der Waals surface area contributed by atoms with Gasteiger partial charge in [-0.15, -0.1) is 21.5 Å². The fourth-order valence-electron chi connectivity index (χ4n) is 3.31. The first kappa shape index (κ1) is 22.8. The highest BCUT2D eigenvalue weighted by Gasteiger charge is 2.25. The summed E-state index contributed by atoms with van der Waals surface area (Å²) in [5, 5.41) is 20.8. The van der Waals surface area contributed by atoms with E-state index in [1.54, 1.807) is 18.2 Å². The van der Waals surface area contributed by atoms with E-state index in [-0.39, 0.29) is 17.4 Å². The molecule has 1 unspecified atom stereocenters. The topological polar surface area (TPSA) is 84.5 Å². The van der Waals surface area contributed by atoms with Gasteiger partial charge in [0.05, 0.1) is 17.4 Å². The largest absolute Gasteiger partial charge is 0.302 e. The molecule has 0 aliphatic heterocycles. The van der Waals surface area contributed by atoms with Crippen LogP contribution >= 0.6 is 23.1 Å². The zero-order valence-electron chi connectivity index (χ0n) is 17.8. The molecule has 0 aliphatic rings. The van der Waals surface area contributed by atoms with E-state index < -0.39 is 5.92 Å². The Balaban J connectivity index is 1.57. The highest BCUT2D eigenvalue weighted by atomic mass is 32.2. The van der Waals surface area contributed by atoms with Gasteiger partial charge in [0.15, 0.2) is 22.7 Å². The van der Waals surface area contributed by atoms with Crippen molar-refractivity contribution >= 4 is 28.9 Å². The van der Waals surface area contributed by atoms with Gasteiger partial charge in [-0.25, -0.2) is 9.37 Å². The number of aryl methyl sites for hydroxylation is 2. The van der Waals surface area contributed by atoms with Crippen molar-refractivity contribution in [2.24, 2.45) is 0 Å². The van der Waals surface area contributed by atoms with E-state index >= 15 is 0 Å². The van der Waals surface area contributed by atoms with Crippen molar-refractivity contribution in [1.82, 2.24) is 19.7 Å².